The first kappa shape index (κ1) is 10.9. The van der Waals surface area contributed by atoms with Gasteiger partial charge in [0, 0.05) is 6.04 Å². The van der Waals surface area contributed by atoms with Gasteiger partial charge in [-0.15, -0.1) is 0 Å². The van der Waals surface area contributed by atoms with Crippen molar-refractivity contribution in [1.29, 1.82) is 0 Å². The van der Waals surface area contributed by atoms with Crippen molar-refractivity contribution in [1.82, 2.24) is 10.2 Å². The highest BCUT2D eigenvalue weighted by Crippen LogP contribution is 2.18. The lowest BCUT2D eigenvalue weighted by Gasteiger charge is -2.23. The zero-order chi connectivity index (χ0) is 11.5. The van der Waals surface area contributed by atoms with Gasteiger partial charge in [0.25, 0.3) is 5.91 Å². The van der Waals surface area contributed by atoms with Gasteiger partial charge >= 0.3 is 12.1 Å². The molecule has 1 aliphatic heterocycles. The number of imide groups is 3. The second kappa shape index (κ2) is 4.51. The Morgan fingerprint density at radius 3 is 2.50 bits per heavy atom. The Bertz CT molecular complexity index is 307. The molecule has 1 aliphatic carbocycles. The first-order chi connectivity index (χ1) is 7.68. The van der Waals surface area contributed by atoms with Crippen molar-refractivity contribution in [2.75, 3.05) is 6.61 Å². The number of hydrogen-bond acceptors (Lipinski definition) is 4. The molecular formula is C10H14N2O4. The Hall–Kier alpha value is -1.59. The molecule has 0 unspecified atom stereocenters. The van der Waals surface area contributed by atoms with Crippen LogP contribution in [0, 0.1) is 0 Å². The summed E-state index contributed by atoms with van der Waals surface area (Å²) in [5.74, 6) is -0.599. The fraction of sp³-hybridized carbons (Fsp3) is 0.700. The lowest BCUT2D eigenvalue weighted by molar-refractivity contribution is -0.124. The quantitative estimate of drug-likeness (QED) is 0.723. The normalized spacial score (nSPS) is 22.1. The second-order valence-corrected chi connectivity index (χ2v) is 4.07. The summed E-state index contributed by atoms with van der Waals surface area (Å²) in [5, 5.41) is 2.69. The van der Waals surface area contributed by atoms with Crippen LogP contribution in [0.2, 0.25) is 0 Å². The Kier molecular flexibility index (Phi) is 3.07. The van der Waals surface area contributed by atoms with E-state index in [0.717, 1.165) is 25.7 Å². The topological polar surface area (TPSA) is 75.7 Å². The standard InChI is InChI=1S/C10H14N2O4/c13-8-6-16-10(15)12(8)9(14)11-7-4-2-1-3-5-7/h7H,1-6H2,(H,11,14). The van der Waals surface area contributed by atoms with E-state index in [0.29, 0.717) is 4.90 Å². The van der Waals surface area contributed by atoms with Gasteiger partial charge < -0.3 is 10.1 Å². The van der Waals surface area contributed by atoms with Crippen LogP contribution in [0.5, 0.6) is 0 Å². The Labute approximate surface area is 92.9 Å². The van der Waals surface area contributed by atoms with Crippen molar-refractivity contribution in [3.8, 4) is 0 Å². The molecule has 6 heteroatoms. The van der Waals surface area contributed by atoms with Crippen LogP contribution in [0.15, 0.2) is 0 Å². The molecule has 0 bridgehead atoms. The lowest BCUT2D eigenvalue weighted by Crippen LogP contribution is -2.47. The smallest absolute Gasteiger partial charge is 0.425 e. The number of urea groups is 1. The maximum atomic E-state index is 11.6. The number of nitrogens with one attached hydrogen (secondary N) is 1. The van der Waals surface area contributed by atoms with Crippen LogP contribution in [0.1, 0.15) is 32.1 Å². The molecule has 0 atom stereocenters. The van der Waals surface area contributed by atoms with Gasteiger partial charge in [-0.25, -0.2) is 9.59 Å². The van der Waals surface area contributed by atoms with Crippen LogP contribution in [0.25, 0.3) is 0 Å². The van der Waals surface area contributed by atoms with Crippen LogP contribution in [0.3, 0.4) is 0 Å². The molecule has 1 saturated heterocycles. The molecule has 1 heterocycles. The van der Waals surface area contributed by atoms with Gasteiger partial charge in [0.2, 0.25) is 0 Å². The van der Waals surface area contributed by atoms with Crippen molar-refractivity contribution in [2.45, 2.75) is 38.1 Å². The van der Waals surface area contributed by atoms with Crippen LogP contribution < -0.4 is 5.32 Å². The van der Waals surface area contributed by atoms with E-state index in [4.69, 9.17) is 0 Å². The third-order valence-corrected chi connectivity index (χ3v) is 2.89. The van der Waals surface area contributed by atoms with E-state index >= 15 is 0 Å². The summed E-state index contributed by atoms with van der Waals surface area (Å²) < 4.78 is 4.46. The van der Waals surface area contributed by atoms with Gasteiger partial charge in [-0.1, -0.05) is 19.3 Å². The molecule has 0 aromatic heterocycles. The molecule has 0 aromatic rings. The summed E-state index contributed by atoms with van der Waals surface area (Å²) in [6, 6.07) is -0.582. The monoisotopic (exact) mass is 226 g/mol. The minimum absolute atomic E-state index is 0.0717. The Morgan fingerprint density at radius 2 is 1.94 bits per heavy atom. The van der Waals surface area contributed by atoms with Crippen molar-refractivity contribution in [3.05, 3.63) is 0 Å². The third-order valence-electron chi connectivity index (χ3n) is 2.89. The number of hydrogen-bond donors (Lipinski definition) is 1. The molecule has 88 valence electrons. The summed E-state index contributed by atoms with van der Waals surface area (Å²) in [4.78, 5) is 34.4. The summed E-state index contributed by atoms with van der Waals surface area (Å²) in [6.07, 6.45) is 4.26. The average molecular weight is 226 g/mol. The molecule has 1 saturated carbocycles. The highest BCUT2D eigenvalue weighted by atomic mass is 16.6. The Morgan fingerprint density at radius 1 is 1.25 bits per heavy atom. The molecular weight excluding hydrogens is 212 g/mol. The summed E-state index contributed by atoms with van der Waals surface area (Å²) in [7, 11) is 0. The number of cyclic esters (lactones) is 1. The lowest BCUT2D eigenvalue weighted by atomic mass is 9.96. The van der Waals surface area contributed by atoms with E-state index < -0.39 is 18.0 Å². The summed E-state index contributed by atoms with van der Waals surface area (Å²) in [5.41, 5.74) is 0. The van der Waals surface area contributed by atoms with Gasteiger partial charge in [0.05, 0.1) is 0 Å². The van der Waals surface area contributed by atoms with Crippen LogP contribution >= 0.6 is 0 Å². The predicted molar refractivity (Wildman–Crippen MR) is 53.6 cm³/mol. The minimum Gasteiger partial charge on any atom is -0.439 e. The number of nitrogens with zero attached hydrogens (tertiary/aromatic N) is 1. The maximum Gasteiger partial charge on any atom is 0.425 e. The largest absolute Gasteiger partial charge is 0.439 e. The SMILES string of the molecule is O=C1COC(=O)N1C(=O)NC1CCCCC1. The zero-order valence-corrected chi connectivity index (χ0v) is 8.90. The fourth-order valence-corrected chi connectivity index (χ4v) is 2.04. The van der Waals surface area contributed by atoms with Crippen molar-refractivity contribution >= 4 is 18.0 Å². The maximum absolute atomic E-state index is 11.6. The van der Waals surface area contributed by atoms with Crippen LogP contribution in [0.4, 0.5) is 9.59 Å². The molecule has 0 spiro atoms. The number of amides is 4. The van der Waals surface area contributed by atoms with E-state index in [2.05, 4.69) is 10.1 Å². The predicted octanol–water partition coefficient (Wildman–Crippen LogP) is 1.01. The molecule has 4 amide bonds. The fourth-order valence-electron chi connectivity index (χ4n) is 2.04. The first-order valence-electron chi connectivity index (χ1n) is 5.48. The van der Waals surface area contributed by atoms with Gasteiger partial charge in [-0.05, 0) is 12.8 Å². The zero-order valence-electron chi connectivity index (χ0n) is 8.90. The number of carbonyl (C=O) groups excluding carboxylic acids is 3. The van der Waals surface area contributed by atoms with Gasteiger partial charge in [-0.3, -0.25) is 4.79 Å². The molecule has 0 radical (unpaired) electrons. The molecule has 2 fully saturated rings. The first-order valence-corrected chi connectivity index (χ1v) is 5.48. The highest BCUT2D eigenvalue weighted by molar-refractivity contribution is 6.11. The summed E-state index contributed by atoms with van der Waals surface area (Å²) in [6.45, 7) is -0.336. The number of carbonyl (C=O) groups is 3. The number of ether oxygens (including phenoxy) is 1. The van der Waals surface area contributed by atoms with E-state index in [1.807, 2.05) is 0 Å². The molecule has 16 heavy (non-hydrogen) atoms. The Balaban J connectivity index is 1.91. The van der Waals surface area contributed by atoms with E-state index in [1.54, 1.807) is 0 Å². The minimum atomic E-state index is -0.877. The average Bonchev–Trinajstić information content (AvgIpc) is 2.60. The molecule has 2 aliphatic rings. The summed E-state index contributed by atoms with van der Waals surface area (Å²) >= 11 is 0. The van der Waals surface area contributed by atoms with E-state index in [-0.39, 0.29) is 12.6 Å². The number of rotatable bonds is 1. The van der Waals surface area contributed by atoms with Crippen molar-refractivity contribution in [3.63, 3.8) is 0 Å². The van der Waals surface area contributed by atoms with Crippen LogP contribution in [-0.2, 0) is 9.53 Å². The highest BCUT2D eigenvalue weighted by Gasteiger charge is 2.37. The molecule has 1 N–H and O–H groups in total. The van der Waals surface area contributed by atoms with Gasteiger partial charge in [0.1, 0.15) is 0 Å². The van der Waals surface area contributed by atoms with Gasteiger partial charge in [-0.2, -0.15) is 4.90 Å². The van der Waals surface area contributed by atoms with Crippen molar-refractivity contribution < 1.29 is 19.1 Å². The second-order valence-electron chi connectivity index (χ2n) is 4.07. The van der Waals surface area contributed by atoms with E-state index in [1.165, 1.54) is 6.42 Å². The van der Waals surface area contributed by atoms with E-state index in [9.17, 15) is 14.4 Å². The molecule has 2 rings (SSSR count). The third kappa shape index (κ3) is 2.15. The van der Waals surface area contributed by atoms with Crippen molar-refractivity contribution in [2.24, 2.45) is 0 Å². The van der Waals surface area contributed by atoms with Crippen LogP contribution in [-0.4, -0.2) is 35.6 Å². The molecule has 6 nitrogen and oxygen atoms in total. The molecule has 0 aromatic carbocycles. The van der Waals surface area contributed by atoms with Gasteiger partial charge in [0.15, 0.2) is 6.61 Å².